The highest BCUT2D eigenvalue weighted by Crippen LogP contribution is 2.27. The number of anilines is 1. The van der Waals surface area contributed by atoms with Gasteiger partial charge in [0.15, 0.2) is 11.6 Å². The van der Waals surface area contributed by atoms with Crippen molar-refractivity contribution in [2.75, 3.05) is 5.73 Å². The number of hydrogen-bond acceptors (Lipinski definition) is 5. The van der Waals surface area contributed by atoms with Gasteiger partial charge in [-0.15, -0.1) is 0 Å². The highest BCUT2D eigenvalue weighted by molar-refractivity contribution is 6.30. The molecule has 0 aromatic carbocycles. The summed E-state index contributed by atoms with van der Waals surface area (Å²) < 4.78 is 43.2. The van der Waals surface area contributed by atoms with Gasteiger partial charge in [0.1, 0.15) is 12.3 Å². The molecule has 3 heterocycles. The van der Waals surface area contributed by atoms with E-state index in [4.69, 9.17) is 22.1 Å². The van der Waals surface area contributed by atoms with Crippen LogP contribution >= 0.6 is 11.6 Å². The fourth-order valence-electron chi connectivity index (χ4n) is 2.41. The van der Waals surface area contributed by atoms with Crippen LogP contribution in [0, 0.1) is 0 Å². The number of halogens is 4. The second-order valence-electron chi connectivity index (χ2n) is 6.03. The van der Waals surface area contributed by atoms with Gasteiger partial charge in [-0.25, -0.2) is 4.98 Å². The van der Waals surface area contributed by atoms with Crippen LogP contribution in [0.2, 0.25) is 5.02 Å². The minimum atomic E-state index is -4.43. The molecule has 9 heteroatoms. The zero-order valence-electron chi connectivity index (χ0n) is 14.6. The first-order valence-corrected chi connectivity index (χ1v) is 8.69. The van der Waals surface area contributed by atoms with Crippen LogP contribution in [0.4, 0.5) is 19.0 Å². The van der Waals surface area contributed by atoms with E-state index in [0.29, 0.717) is 29.2 Å². The summed E-state index contributed by atoms with van der Waals surface area (Å²) in [6.45, 7) is 0.252. The lowest BCUT2D eigenvalue weighted by molar-refractivity contribution is -0.141. The van der Waals surface area contributed by atoms with Gasteiger partial charge in [-0.2, -0.15) is 13.2 Å². The molecule has 2 N–H and O–H groups in total. The summed E-state index contributed by atoms with van der Waals surface area (Å²) in [5.41, 5.74) is 7.19. The van der Waals surface area contributed by atoms with Crippen molar-refractivity contribution >= 4 is 17.4 Å². The Morgan fingerprint density at radius 2 is 1.68 bits per heavy atom. The molecule has 0 bridgehead atoms. The third-order valence-electron chi connectivity index (χ3n) is 3.91. The van der Waals surface area contributed by atoms with E-state index in [0.717, 1.165) is 17.3 Å². The molecule has 0 saturated carbocycles. The van der Waals surface area contributed by atoms with Crippen molar-refractivity contribution in [1.82, 2.24) is 15.0 Å². The Balaban J connectivity index is 1.53. The topological polar surface area (TPSA) is 73.9 Å². The van der Waals surface area contributed by atoms with Crippen molar-refractivity contribution in [3.05, 3.63) is 76.5 Å². The van der Waals surface area contributed by atoms with E-state index in [1.54, 1.807) is 12.3 Å². The summed E-state index contributed by atoms with van der Waals surface area (Å²) in [6, 6.07) is 7.71. The lowest BCUT2D eigenvalue weighted by Crippen LogP contribution is -2.08. The molecule has 0 amide bonds. The second-order valence-corrected chi connectivity index (χ2v) is 6.47. The van der Waals surface area contributed by atoms with E-state index in [9.17, 15) is 13.2 Å². The average molecular weight is 409 g/mol. The molecule has 3 aromatic rings. The van der Waals surface area contributed by atoms with Gasteiger partial charge in [-0.3, -0.25) is 9.97 Å². The SMILES string of the molecule is Nc1ncc(Cl)cc1OCc1ccc(CCc2ccc(C(F)(F)F)nc2)nc1. The predicted octanol–water partition coefficient (Wildman–Crippen LogP) is 4.49. The average Bonchev–Trinajstić information content (AvgIpc) is 2.67. The molecule has 0 unspecified atom stereocenters. The van der Waals surface area contributed by atoms with Crippen molar-refractivity contribution in [3.8, 4) is 5.75 Å². The van der Waals surface area contributed by atoms with Crippen molar-refractivity contribution in [3.63, 3.8) is 0 Å². The van der Waals surface area contributed by atoms with Crippen molar-refractivity contribution in [2.24, 2.45) is 0 Å². The van der Waals surface area contributed by atoms with Crippen LogP contribution in [0.3, 0.4) is 0 Å². The fraction of sp³-hybridized carbons (Fsp3) is 0.211. The van der Waals surface area contributed by atoms with Gasteiger partial charge < -0.3 is 10.5 Å². The maximum Gasteiger partial charge on any atom is 0.433 e. The number of aryl methyl sites for hydroxylation is 2. The molecule has 0 aliphatic carbocycles. The third-order valence-corrected chi connectivity index (χ3v) is 4.12. The summed E-state index contributed by atoms with van der Waals surface area (Å²) in [7, 11) is 0. The molecule has 0 aliphatic heterocycles. The van der Waals surface area contributed by atoms with Crippen LogP contribution in [-0.4, -0.2) is 15.0 Å². The number of nitrogen functional groups attached to an aromatic ring is 1. The normalized spacial score (nSPS) is 11.4. The molecule has 0 aliphatic rings. The Morgan fingerprint density at radius 3 is 2.32 bits per heavy atom. The Labute approximate surface area is 164 Å². The molecular weight excluding hydrogens is 393 g/mol. The number of alkyl halides is 3. The Kier molecular flexibility index (Phi) is 5.99. The van der Waals surface area contributed by atoms with Gasteiger partial charge in [0.2, 0.25) is 0 Å². The smallest absolute Gasteiger partial charge is 0.433 e. The zero-order valence-corrected chi connectivity index (χ0v) is 15.3. The molecule has 0 atom stereocenters. The summed E-state index contributed by atoms with van der Waals surface area (Å²) in [5.74, 6) is 0.644. The zero-order chi connectivity index (χ0) is 20.1. The highest BCUT2D eigenvalue weighted by Gasteiger charge is 2.31. The van der Waals surface area contributed by atoms with Crippen LogP contribution < -0.4 is 10.5 Å². The molecule has 3 rings (SSSR count). The van der Waals surface area contributed by atoms with E-state index < -0.39 is 11.9 Å². The molecule has 0 saturated heterocycles. The summed E-state index contributed by atoms with van der Waals surface area (Å²) in [6.07, 6.45) is 1.05. The number of nitrogens with zero attached hydrogens (tertiary/aromatic N) is 3. The molecule has 0 fully saturated rings. The molecule has 28 heavy (non-hydrogen) atoms. The molecule has 0 radical (unpaired) electrons. The van der Waals surface area contributed by atoms with E-state index in [2.05, 4.69) is 15.0 Å². The van der Waals surface area contributed by atoms with E-state index in [1.807, 2.05) is 12.1 Å². The van der Waals surface area contributed by atoms with Gasteiger partial charge in [0.25, 0.3) is 0 Å². The second kappa shape index (κ2) is 8.43. The Hall–Kier alpha value is -2.87. The van der Waals surface area contributed by atoms with Crippen LogP contribution in [-0.2, 0) is 25.6 Å². The maximum atomic E-state index is 12.5. The van der Waals surface area contributed by atoms with Crippen LogP contribution in [0.15, 0.2) is 48.9 Å². The number of aromatic nitrogens is 3. The number of pyridine rings is 3. The van der Waals surface area contributed by atoms with Crippen LogP contribution in [0.1, 0.15) is 22.5 Å². The molecule has 0 spiro atoms. The Bertz CT molecular complexity index is 931. The van der Waals surface area contributed by atoms with Crippen molar-refractivity contribution in [1.29, 1.82) is 0 Å². The third kappa shape index (κ3) is 5.32. The quantitative estimate of drug-likeness (QED) is 0.650. The first-order chi connectivity index (χ1) is 13.3. The Morgan fingerprint density at radius 1 is 0.929 bits per heavy atom. The standard InChI is InChI=1S/C19H16ClF3N4O/c20-14-7-16(18(24)27-10-14)28-11-13-2-5-15(25-9-13)4-1-12-3-6-17(26-8-12)19(21,22)23/h2-3,5-10H,1,4,11H2,(H2,24,27). The molecule has 146 valence electrons. The minimum absolute atomic E-state index is 0.249. The van der Waals surface area contributed by atoms with Gasteiger partial charge in [0, 0.05) is 35.9 Å². The molecule has 5 nitrogen and oxygen atoms in total. The summed E-state index contributed by atoms with van der Waals surface area (Å²) in [4.78, 5) is 11.7. The first-order valence-electron chi connectivity index (χ1n) is 8.31. The number of ether oxygens (including phenoxy) is 1. The molecular formula is C19H16ClF3N4O. The van der Waals surface area contributed by atoms with Crippen LogP contribution in [0.25, 0.3) is 0 Å². The fourth-order valence-corrected chi connectivity index (χ4v) is 2.56. The number of nitrogens with two attached hydrogens (primary N) is 1. The van der Waals surface area contributed by atoms with Crippen molar-refractivity contribution < 1.29 is 17.9 Å². The summed E-state index contributed by atoms with van der Waals surface area (Å²) >= 11 is 5.86. The largest absolute Gasteiger partial charge is 0.485 e. The van der Waals surface area contributed by atoms with Gasteiger partial charge in [-0.1, -0.05) is 23.7 Å². The number of hydrogen-bond donors (Lipinski definition) is 1. The van der Waals surface area contributed by atoms with E-state index in [1.165, 1.54) is 18.5 Å². The number of rotatable bonds is 6. The van der Waals surface area contributed by atoms with Gasteiger partial charge in [-0.05, 0) is 30.5 Å². The van der Waals surface area contributed by atoms with E-state index in [-0.39, 0.29) is 12.4 Å². The molecule has 3 aromatic heterocycles. The first kappa shape index (κ1) is 19.9. The minimum Gasteiger partial charge on any atom is -0.485 e. The van der Waals surface area contributed by atoms with E-state index >= 15 is 0 Å². The van der Waals surface area contributed by atoms with Gasteiger partial charge >= 0.3 is 6.18 Å². The van der Waals surface area contributed by atoms with Gasteiger partial charge in [0.05, 0.1) is 5.02 Å². The highest BCUT2D eigenvalue weighted by atomic mass is 35.5. The van der Waals surface area contributed by atoms with Crippen molar-refractivity contribution in [2.45, 2.75) is 25.6 Å². The predicted molar refractivity (Wildman–Crippen MR) is 98.9 cm³/mol. The monoisotopic (exact) mass is 408 g/mol. The maximum absolute atomic E-state index is 12.5. The van der Waals surface area contributed by atoms with Crippen LogP contribution in [0.5, 0.6) is 5.75 Å². The lowest BCUT2D eigenvalue weighted by Gasteiger charge is -2.09. The lowest BCUT2D eigenvalue weighted by atomic mass is 10.1. The summed E-state index contributed by atoms with van der Waals surface area (Å²) in [5, 5.41) is 0.426.